The molecule has 0 radical (unpaired) electrons. The van der Waals surface area contributed by atoms with Crippen molar-refractivity contribution in [3.05, 3.63) is 0 Å². The van der Waals surface area contributed by atoms with Gasteiger partial charge < -0.3 is 0 Å². The minimum absolute atomic E-state index is 0.402. The van der Waals surface area contributed by atoms with Crippen LogP contribution in [0.4, 0.5) is 0 Å². The zero-order chi connectivity index (χ0) is 6.57. The van der Waals surface area contributed by atoms with E-state index in [4.69, 9.17) is 4.55 Å². The third kappa shape index (κ3) is 2.37. The van der Waals surface area contributed by atoms with E-state index in [0.29, 0.717) is 6.54 Å². The number of rotatable bonds is 3. The van der Waals surface area contributed by atoms with Crippen LogP contribution in [-0.2, 0) is 16.1 Å². The van der Waals surface area contributed by atoms with Gasteiger partial charge in [-0.2, -0.15) is 0 Å². The largest absolute Gasteiger partial charge is 0.292 e. The average molecular weight is 139 g/mol. The molecule has 0 fully saturated rings. The molecule has 0 aliphatic carbocycles. The first kappa shape index (κ1) is 8.03. The van der Waals surface area contributed by atoms with Gasteiger partial charge in [0.1, 0.15) is 0 Å². The van der Waals surface area contributed by atoms with Crippen LogP contribution in [-0.4, -0.2) is 26.9 Å². The van der Waals surface area contributed by atoms with Crippen LogP contribution in [0, 0.1) is 0 Å². The number of hydroxylamine groups is 1. The summed E-state index contributed by atoms with van der Waals surface area (Å²) in [5.74, 6) is 0. The van der Waals surface area contributed by atoms with E-state index in [-0.39, 0.29) is 0 Å². The van der Waals surface area contributed by atoms with Crippen molar-refractivity contribution >= 4 is 11.3 Å². The summed E-state index contributed by atoms with van der Waals surface area (Å²) < 4.78 is 19.3. The Labute approximate surface area is 50.8 Å². The lowest BCUT2D eigenvalue weighted by atomic mass is 10.8. The third-order valence-corrected chi connectivity index (χ3v) is 1.39. The van der Waals surface area contributed by atoms with E-state index in [9.17, 15) is 4.21 Å². The first-order chi connectivity index (χ1) is 3.72. The molecule has 1 unspecified atom stereocenters. The average Bonchev–Trinajstić information content (AvgIpc) is 1.69. The van der Waals surface area contributed by atoms with Gasteiger partial charge in [-0.05, 0) is 6.92 Å². The molecule has 1 atom stereocenters. The van der Waals surface area contributed by atoms with Gasteiger partial charge in [0, 0.05) is 6.54 Å². The standard InChI is InChI=1S/C3H9NO3S/c1-3-4(7-2)8(5)6/h3H2,1-2H3,(H,5,6). The summed E-state index contributed by atoms with van der Waals surface area (Å²) in [4.78, 5) is 4.44. The Kier molecular flexibility index (Phi) is 3.98. The van der Waals surface area contributed by atoms with E-state index in [1.54, 1.807) is 6.92 Å². The first-order valence-corrected chi connectivity index (χ1v) is 3.21. The van der Waals surface area contributed by atoms with Crippen molar-refractivity contribution in [2.75, 3.05) is 13.7 Å². The fraction of sp³-hybridized carbons (Fsp3) is 1.00. The lowest BCUT2D eigenvalue weighted by Crippen LogP contribution is -2.23. The molecule has 0 aromatic rings. The predicted molar refractivity (Wildman–Crippen MR) is 30.2 cm³/mol. The molecule has 0 aliphatic rings. The van der Waals surface area contributed by atoms with Gasteiger partial charge in [-0.1, -0.05) is 4.47 Å². The van der Waals surface area contributed by atoms with E-state index in [1.165, 1.54) is 7.11 Å². The topological polar surface area (TPSA) is 49.8 Å². The molecular weight excluding hydrogens is 130 g/mol. The summed E-state index contributed by atoms with van der Waals surface area (Å²) in [5.41, 5.74) is 0. The normalized spacial score (nSPS) is 14.5. The monoisotopic (exact) mass is 139 g/mol. The molecule has 0 aromatic heterocycles. The van der Waals surface area contributed by atoms with Crippen LogP contribution in [0.15, 0.2) is 0 Å². The fourth-order valence-corrected chi connectivity index (χ4v) is 0.652. The summed E-state index contributed by atoms with van der Waals surface area (Å²) in [6, 6.07) is 0. The third-order valence-electron chi connectivity index (χ3n) is 0.636. The maximum absolute atomic E-state index is 10.1. The summed E-state index contributed by atoms with van der Waals surface area (Å²) in [7, 11) is 1.34. The summed E-state index contributed by atoms with van der Waals surface area (Å²) in [5, 5.41) is 0. The highest BCUT2D eigenvalue weighted by Crippen LogP contribution is 1.88. The quantitative estimate of drug-likeness (QED) is 0.442. The van der Waals surface area contributed by atoms with Crippen molar-refractivity contribution in [1.82, 2.24) is 4.47 Å². The molecule has 1 N–H and O–H groups in total. The molecule has 0 aliphatic heterocycles. The second-order valence-electron chi connectivity index (χ2n) is 1.06. The molecule has 0 saturated heterocycles. The van der Waals surface area contributed by atoms with Gasteiger partial charge in [0.25, 0.3) is 11.3 Å². The van der Waals surface area contributed by atoms with E-state index in [2.05, 4.69) is 4.84 Å². The summed E-state index contributed by atoms with van der Waals surface area (Å²) in [6.45, 7) is 2.12. The Morgan fingerprint density at radius 1 is 1.88 bits per heavy atom. The van der Waals surface area contributed by atoms with Crippen LogP contribution < -0.4 is 0 Å². The van der Waals surface area contributed by atoms with Crippen LogP contribution in [0.25, 0.3) is 0 Å². The molecule has 8 heavy (non-hydrogen) atoms. The Morgan fingerprint density at radius 2 is 2.38 bits per heavy atom. The fourth-order valence-electron chi connectivity index (χ4n) is 0.303. The van der Waals surface area contributed by atoms with E-state index in [0.717, 1.165) is 4.47 Å². The second-order valence-corrected chi connectivity index (χ2v) is 1.93. The Morgan fingerprint density at radius 3 is 2.38 bits per heavy atom. The van der Waals surface area contributed by atoms with Crippen molar-refractivity contribution in [3.8, 4) is 0 Å². The molecule has 0 saturated carbocycles. The highest BCUT2D eigenvalue weighted by Gasteiger charge is 2.03. The van der Waals surface area contributed by atoms with Crippen molar-refractivity contribution in [3.63, 3.8) is 0 Å². The highest BCUT2D eigenvalue weighted by molar-refractivity contribution is 7.76. The molecule has 0 aromatic carbocycles. The van der Waals surface area contributed by atoms with Gasteiger partial charge in [-0.25, -0.2) is 4.21 Å². The molecule has 0 rings (SSSR count). The number of hydrogen-bond donors (Lipinski definition) is 1. The lowest BCUT2D eigenvalue weighted by molar-refractivity contribution is -0.0453. The molecule has 50 valence electrons. The molecule has 0 heterocycles. The van der Waals surface area contributed by atoms with Crippen LogP contribution in [0.2, 0.25) is 0 Å². The predicted octanol–water partition coefficient (Wildman–Crippen LogP) is 0.00640. The highest BCUT2D eigenvalue weighted by atomic mass is 32.2. The zero-order valence-corrected chi connectivity index (χ0v) is 5.64. The molecule has 5 heteroatoms. The smallest absolute Gasteiger partial charge is 0.258 e. The Hall–Kier alpha value is 0.0300. The van der Waals surface area contributed by atoms with Crippen molar-refractivity contribution in [2.24, 2.45) is 0 Å². The van der Waals surface area contributed by atoms with E-state index < -0.39 is 11.3 Å². The molecule has 0 bridgehead atoms. The molecule has 0 amide bonds. The Bertz CT molecular complexity index is 82.6. The van der Waals surface area contributed by atoms with Crippen LogP contribution in [0.5, 0.6) is 0 Å². The SMILES string of the molecule is CCN(OC)S(=O)O. The van der Waals surface area contributed by atoms with Gasteiger partial charge in [0.15, 0.2) is 0 Å². The Balaban J connectivity index is 3.52. The summed E-state index contributed by atoms with van der Waals surface area (Å²) >= 11 is -1.99. The lowest BCUT2D eigenvalue weighted by Gasteiger charge is -2.09. The van der Waals surface area contributed by atoms with Crippen LogP contribution >= 0.6 is 0 Å². The van der Waals surface area contributed by atoms with Gasteiger partial charge in [-0.3, -0.25) is 9.39 Å². The maximum atomic E-state index is 10.1. The van der Waals surface area contributed by atoms with Gasteiger partial charge in [-0.15, -0.1) is 0 Å². The maximum Gasteiger partial charge on any atom is 0.258 e. The first-order valence-electron chi connectivity index (χ1n) is 2.15. The molecule has 4 nitrogen and oxygen atoms in total. The van der Waals surface area contributed by atoms with E-state index in [1.807, 2.05) is 0 Å². The van der Waals surface area contributed by atoms with Crippen molar-refractivity contribution < 1.29 is 13.6 Å². The van der Waals surface area contributed by atoms with Crippen LogP contribution in [0.3, 0.4) is 0 Å². The van der Waals surface area contributed by atoms with E-state index >= 15 is 0 Å². The number of hydrogen-bond acceptors (Lipinski definition) is 2. The van der Waals surface area contributed by atoms with Gasteiger partial charge in [0.2, 0.25) is 0 Å². The van der Waals surface area contributed by atoms with Crippen LogP contribution in [0.1, 0.15) is 6.92 Å². The van der Waals surface area contributed by atoms with Gasteiger partial charge >= 0.3 is 0 Å². The molecule has 0 spiro atoms. The molecular formula is C3H9NO3S. The number of nitrogens with zero attached hydrogens (tertiary/aromatic N) is 1. The zero-order valence-electron chi connectivity index (χ0n) is 4.83. The van der Waals surface area contributed by atoms with Crippen molar-refractivity contribution in [1.29, 1.82) is 0 Å². The summed E-state index contributed by atoms with van der Waals surface area (Å²) in [6.07, 6.45) is 0. The van der Waals surface area contributed by atoms with Crippen molar-refractivity contribution in [2.45, 2.75) is 6.92 Å². The minimum atomic E-state index is -1.99. The second kappa shape index (κ2) is 3.96. The minimum Gasteiger partial charge on any atom is -0.292 e. The van der Waals surface area contributed by atoms with Gasteiger partial charge in [0.05, 0.1) is 7.11 Å².